The van der Waals surface area contributed by atoms with Crippen molar-refractivity contribution in [3.8, 4) is 0 Å². The topological polar surface area (TPSA) is 112 Å². The summed E-state index contributed by atoms with van der Waals surface area (Å²) in [5.74, 6) is 1.09. The van der Waals surface area contributed by atoms with Crippen LogP contribution in [0.5, 0.6) is 0 Å². The second-order valence-corrected chi connectivity index (χ2v) is 5.68. The standard InChI is InChI=1S/C14H14N6OS/c1-8-3-2-4-12-17-9(5-13(21)20(8)12)7-22-14-18-10(15)6-11(16)19-14/h2-6H,7H2,1H3,(H4,15,16,18,19). The van der Waals surface area contributed by atoms with Crippen LogP contribution in [-0.4, -0.2) is 19.4 Å². The first-order valence-electron chi connectivity index (χ1n) is 6.54. The first-order chi connectivity index (χ1) is 10.5. The second kappa shape index (κ2) is 5.64. The molecule has 22 heavy (non-hydrogen) atoms. The highest BCUT2D eigenvalue weighted by atomic mass is 32.2. The first-order valence-corrected chi connectivity index (χ1v) is 7.52. The molecule has 3 aromatic rings. The lowest BCUT2D eigenvalue weighted by Crippen LogP contribution is -2.17. The average Bonchev–Trinajstić information content (AvgIpc) is 2.44. The molecule has 3 heterocycles. The molecule has 0 radical (unpaired) electrons. The lowest BCUT2D eigenvalue weighted by atomic mass is 10.3. The molecule has 7 nitrogen and oxygen atoms in total. The lowest BCUT2D eigenvalue weighted by Gasteiger charge is -2.06. The van der Waals surface area contributed by atoms with Gasteiger partial charge in [0.05, 0.1) is 5.69 Å². The summed E-state index contributed by atoms with van der Waals surface area (Å²) < 4.78 is 1.57. The summed E-state index contributed by atoms with van der Waals surface area (Å²) in [6.45, 7) is 1.87. The number of fused-ring (bicyclic) bond motifs is 1. The molecule has 0 fully saturated rings. The molecule has 3 rings (SSSR count). The average molecular weight is 314 g/mol. The number of rotatable bonds is 3. The van der Waals surface area contributed by atoms with E-state index in [1.807, 2.05) is 19.1 Å². The van der Waals surface area contributed by atoms with Crippen LogP contribution in [0, 0.1) is 6.92 Å². The summed E-state index contributed by atoms with van der Waals surface area (Å²) in [7, 11) is 0. The Kier molecular flexibility index (Phi) is 3.68. The fourth-order valence-electron chi connectivity index (χ4n) is 2.10. The van der Waals surface area contributed by atoms with Crippen LogP contribution in [-0.2, 0) is 5.75 Å². The van der Waals surface area contributed by atoms with Crippen molar-refractivity contribution in [3.05, 3.63) is 52.1 Å². The SMILES string of the molecule is Cc1cccc2nc(CSc3nc(N)cc(N)n3)cc(=O)n12. The number of hydrogen-bond donors (Lipinski definition) is 2. The van der Waals surface area contributed by atoms with Crippen molar-refractivity contribution in [1.82, 2.24) is 19.4 Å². The van der Waals surface area contributed by atoms with Crippen molar-refractivity contribution in [2.24, 2.45) is 0 Å². The van der Waals surface area contributed by atoms with E-state index in [2.05, 4.69) is 15.0 Å². The summed E-state index contributed by atoms with van der Waals surface area (Å²) >= 11 is 1.33. The van der Waals surface area contributed by atoms with Gasteiger partial charge >= 0.3 is 0 Å². The van der Waals surface area contributed by atoms with Gasteiger partial charge in [0.15, 0.2) is 5.16 Å². The molecule has 0 amide bonds. The molecule has 0 bridgehead atoms. The molecule has 112 valence electrons. The third-order valence-corrected chi connectivity index (χ3v) is 3.91. The predicted molar refractivity (Wildman–Crippen MR) is 86.6 cm³/mol. The zero-order valence-corrected chi connectivity index (χ0v) is 12.7. The Bertz CT molecular complexity index is 887. The van der Waals surface area contributed by atoms with E-state index in [1.54, 1.807) is 10.5 Å². The van der Waals surface area contributed by atoms with Crippen LogP contribution in [0.2, 0.25) is 0 Å². The maximum absolute atomic E-state index is 12.2. The molecular weight excluding hydrogens is 300 g/mol. The number of nitrogen functional groups attached to an aromatic ring is 2. The van der Waals surface area contributed by atoms with E-state index in [4.69, 9.17) is 11.5 Å². The van der Waals surface area contributed by atoms with Gasteiger partial charge in [0.1, 0.15) is 17.3 Å². The van der Waals surface area contributed by atoms with Crippen LogP contribution in [0.25, 0.3) is 5.65 Å². The van der Waals surface area contributed by atoms with Crippen LogP contribution in [0.15, 0.2) is 40.3 Å². The summed E-state index contributed by atoms with van der Waals surface area (Å²) in [6, 6.07) is 8.55. The summed E-state index contributed by atoms with van der Waals surface area (Å²) in [6.07, 6.45) is 0. The molecule has 0 aliphatic heterocycles. The zero-order chi connectivity index (χ0) is 15.7. The van der Waals surface area contributed by atoms with E-state index in [-0.39, 0.29) is 5.56 Å². The number of thioether (sulfide) groups is 1. The largest absolute Gasteiger partial charge is 0.383 e. The third-order valence-electron chi connectivity index (χ3n) is 3.03. The molecule has 0 unspecified atom stereocenters. The molecule has 0 aliphatic carbocycles. The number of nitrogens with zero attached hydrogens (tertiary/aromatic N) is 4. The van der Waals surface area contributed by atoms with Gasteiger partial charge in [0.2, 0.25) is 0 Å². The fraction of sp³-hybridized carbons (Fsp3) is 0.143. The van der Waals surface area contributed by atoms with Gasteiger partial charge in [0, 0.05) is 23.6 Å². The van der Waals surface area contributed by atoms with Crippen molar-refractivity contribution in [1.29, 1.82) is 0 Å². The van der Waals surface area contributed by atoms with E-state index in [0.717, 1.165) is 5.69 Å². The molecule has 0 atom stereocenters. The summed E-state index contributed by atoms with van der Waals surface area (Å²) in [5.41, 5.74) is 13.3. The van der Waals surface area contributed by atoms with Gasteiger partial charge in [-0.05, 0) is 19.1 Å². The molecule has 0 aromatic carbocycles. The zero-order valence-electron chi connectivity index (χ0n) is 11.9. The Morgan fingerprint density at radius 3 is 2.59 bits per heavy atom. The van der Waals surface area contributed by atoms with Crippen molar-refractivity contribution in [3.63, 3.8) is 0 Å². The molecule has 0 saturated carbocycles. The van der Waals surface area contributed by atoms with Crippen LogP contribution < -0.4 is 17.0 Å². The number of anilines is 2. The summed E-state index contributed by atoms with van der Waals surface area (Å²) in [4.78, 5) is 24.8. The van der Waals surface area contributed by atoms with Gasteiger partial charge in [-0.15, -0.1) is 0 Å². The van der Waals surface area contributed by atoms with Crippen molar-refractivity contribution < 1.29 is 0 Å². The van der Waals surface area contributed by atoms with Gasteiger partial charge < -0.3 is 11.5 Å². The lowest BCUT2D eigenvalue weighted by molar-refractivity contribution is 0.960. The highest BCUT2D eigenvalue weighted by Crippen LogP contribution is 2.20. The minimum atomic E-state index is -0.105. The third kappa shape index (κ3) is 2.86. The Hall–Kier alpha value is -2.61. The van der Waals surface area contributed by atoms with Gasteiger partial charge in [-0.25, -0.2) is 15.0 Å². The maximum atomic E-state index is 12.2. The molecule has 0 spiro atoms. The first kappa shape index (κ1) is 14.3. The van der Waals surface area contributed by atoms with E-state index in [1.165, 1.54) is 23.9 Å². The minimum absolute atomic E-state index is 0.105. The van der Waals surface area contributed by atoms with Crippen LogP contribution in [0.3, 0.4) is 0 Å². The highest BCUT2D eigenvalue weighted by molar-refractivity contribution is 7.98. The van der Waals surface area contributed by atoms with Crippen LogP contribution in [0.1, 0.15) is 11.4 Å². The maximum Gasteiger partial charge on any atom is 0.258 e. The van der Waals surface area contributed by atoms with E-state index in [0.29, 0.717) is 33.9 Å². The van der Waals surface area contributed by atoms with Crippen molar-refractivity contribution in [2.45, 2.75) is 17.8 Å². The van der Waals surface area contributed by atoms with E-state index in [9.17, 15) is 4.79 Å². The van der Waals surface area contributed by atoms with Crippen LogP contribution in [0.4, 0.5) is 11.6 Å². The monoisotopic (exact) mass is 314 g/mol. The Morgan fingerprint density at radius 1 is 1.14 bits per heavy atom. The van der Waals surface area contributed by atoms with Crippen molar-refractivity contribution >= 4 is 29.0 Å². The summed E-state index contributed by atoms with van der Waals surface area (Å²) in [5, 5.41) is 0.462. The number of aromatic nitrogens is 4. The molecular formula is C14H14N6OS. The number of aryl methyl sites for hydroxylation is 1. The Balaban J connectivity index is 1.90. The smallest absolute Gasteiger partial charge is 0.258 e. The molecule has 3 aromatic heterocycles. The Labute approximate surface area is 130 Å². The van der Waals surface area contributed by atoms with Crippen LogP contribution >= 0.6 is 11.8 Å². The Morgan fingerprint density at radius 2 is 1.86 bits per heavy atom. The van der Waals surface area contributed by atoms with Gasteiger partial charge in [-0.3, -0.25) is 9.20 Å². The second-order valence-electron chi connectivity index (χ2n) is 4.74. The van der Waals surface area contributed by atoms with Gasteiger partial charge in [0.25, 0.3) is 5.56 Å². The fourth-order valence-corrected chi connectivity index (χ4v) is 2.87. The quantitative estimate of drug-likeness (QED) is 0.552. The molecule has 8 heteroatoms. The number of pyridine rings is 1. The minimum Gasteiger partial charge on any atom is -0.383 e. The molecule has 4 N–H and O–H groups in total. The van der Waals surface area contributed by atoms with E-state index >= 15 is 0 Å². The highest BCUT2D eigenvalue weighted by Gasteiger charge is 2.07. The molecule has 0 saturated heterocycles. The van der Waals surface area contributed by atoms with Gasteiger partial charge in [-0.2, -0.15) is 0 Å². The van der Waals surface area contributed by atoms with Gasteiger partial charge in [-0.1, -0.05) is 17.8 Å². The van der Waals surface area contributed by atoms with Crippen molar-refractivity contribution in [2.75, 3.05) is 11.5 Å². The number of hydrogen-bond acceptors (Lipinski definition) is 7. The predicted octanol–water partition coefficient (Wildman–Crippen LogP) is 1.25. The normalized spacial score (nSPS) is 11.0. The van der Waals surface area contributed by atoms with E-state index < -0.39 is 0 Å². The molecule has 0 aliphatic rings. The number of nitrogens with two attached hydrogens (primary N) is 2.